The molecule has 1 saturated heterocycles. The summed E-state index contributed by atoms with van der Waals surface area (Å²) in [6.45, 7) is 4.08. The summed E-state index contributed by atoms with van der Waals surface area (Å²) >= 11 is 6.23. The van der Waals surface area contributed by atoms with Gasteiger partial charge in [-0.1, -0.05) is 36.2 Å². The van der Waals surface area contributed by atoms with Crippen LogP contribution >= 0.6 is 11.6 Å². The zero-order valence-electron chi connectivity index (χ0n) is 10.4. The number of hydrogen-bond donors (Lipinski definition) is 0. The van der Waals surface area contributed by atoms with Crippen LogP contribution in [-0.4, -0.2) is 11.9 Å². The minimum Gasteiger partial charge on any atom is -0.344 e. The second kappa shape index (κ2) is 4.84. The third kappa shape index (κ3) is 2.18. The van der Waals surface area contributed by atoms with E-state index in [1.807, 2.05) is 24.3 Å². The molecule has 3 rings (SSSR count). The molecule has 3 heteroatoms. The number of rotatable bonds is 1. The van der Waals surface area contributed by atoms with E-state index < -0.39 is 5.79 Å². The molecule has 0 aromatic heterocycles. The smallest absolute Gasteiger partial charge is 0.169 e. The average molecular weight is 266 g/mol. The zero-order valence-corrected chi connectivity index (χ0v) is 11.2. The Morgan fingerprint density at radius 3 is 2.56 bits per heavy atom. The molecule has 97 valence electrons. The molecule has 2 aliphatic rings. The van der Waals surface area contributed by atoms with E-state index in [0.29, 0.717) is 0 Å². The second-order valence-corrected chi connectivity index (χ2v) is 5.59. The summed E-state index contributed by atoms with van der Waals surface area (Å²) in [6.07, 6.45) is 5.23. The lowest BCUT2D eigenvalue weighted by atomic mass is 9.94. The number of ether oxygens (including phenoxy) is 2. The van der Waals surface area contributed by atoms with E-state index in [4.69, 9.17) is 21.1 Å². The molecule has 1 heterocycles. The standard InChI is InChI=1S/C15H18ClO2/c1-11-14(12-7-3-4-8-13(12)16)18-15(17-11)9-5-2-6-10-15/h3-4,7-8,11,14H,1-2,5-6,9-10H2/t11-,14+/m1/s1. The Morgan fingerprint density at radius 1 is 1.11 bits per heavy atom. The van der Waals surface area contributed by atoms with Crippen molar-refractivity contribution in [2.45, 2.75) is 50.1 Å². The summed E-state index contributed by atoms with van der Waals surface area (Å²) in [5.41, 5.74) is 0.988. The van der Waals surface area contributed by atoms with Crippen molar-refractivity contribution in [3.8, 4) is 0 Å². The van der Waals surface area contributed by atoms with Crippen LogP contribution in [0.4, 0.5) is 0 Å². The molecule has 1 aromatic carbocycles. The van der Waals surface area contributed by atoms with Crippen LogP contribution in [-0.2, 0) is 9.47 Å². The highest BCUT2D eigenvalue weighted by Gasteiger charge is 2.47. The van der Waals surface area contributed by atoms with Gasteiger partial charge in [-0.05, 0) is 25.8 Å². The molecule has 1 radical (unpaired) electrons. The number of benzene rings is 1. The van der Waals surface area contributed by atoms with E-state index in [2.05, 4.69) is 6.92 Å². The van der Waals surface area contributed by atoms with Crippen LogP contribution in [0.2, 0.25) is 5.02 Å². The summed E-state index contributed by atoms with van der Waals surface area (Å²) in [6, 6.07) is 7.79. The Kier molecular flexibility index (Phi) is 3.35. The summed E-state index contributed by atoms with van der Waals surface area (Å²) in [5.74, 6) is -0.408. The molecule has 1 aliphatic heterocycles. The summed E-state index contributed by atoms with van der Waals surface area (Å²) in [4.78, 5) is 0. The van der Waals surface area contributed by atoms with Crippen LogP contribution in [0.1, 0.15) is 43.8 Å². The lowest BCUT2D eigenvalue weighted by molar-refractivity contribution is -0.192. The fraction of sp³-hybridized carbons (Fsp3) is 0.533. The molecule has 0 unspecified atom stereocenters. The highest BCUT2D eigenvalue weighted by molar-refractivity contribution is 6.31. The van der Waals surface area contributed by atoms with Crippen LogP contribution in [0.25, 0.3) is 0 Å². The van der Waals surface area contributed by atoms with Gasteiger partial charge in [0.15, 0.2) is 5.79 Å². The molecule has 0 N–H and O–H groups in total. The Morgan fingerprint density at radius 2 is 1.83 bits per heavy atom. The predicted octanol–water partition coefficient (Wildman–Crippen LogP) is 4.29. The maximum Gasteiger partial charge on any atom is 0.169 e. The summed E-state index contributed by atoms with van der Waals surface area (Å²) in [5, 5.41) is 0.729. The van der Waals surface area contributed by atoms with Crippen molar-refractivity contribution in [1.29, 1.82) is 0 Å². The molecule has 2 fully saturated rings. The first-order valence-electron chi connectivity index (χ1n) is 6.63. The minimum atomic E-state index is -0.408. The van der Waals surface area contributed by atoms with Crippen LogP contribution < -0.4 is 0 Å². The minimum absolute atomic E-state index is 0.142. The lowest BCUT2D eigenvalue weighted by Crippen LogP contribution is -2.33. The van der Waals surface area contributed by atoms with Gasteiger partial charge in [0.1, 0.15) is 6.10 Å². The quantitative estimate of drug-likeness (QED) is 0.754. The highest BCUT2D eigenvalue weighted by atomic mass is 35.5. The molecule has 0 amide bonds. The van der Waals surface area contributed by atoms with Gasteiger partial charge in [-0.15, -0.1) is 0 Å². The largest absolute Gasteiger partial charge is 0.344 e. The van der Waals surface area contributed by atoms with Crippen LogP contribution in [0.3, 0.4) is 0 Å². The normalized spacial score (nSPS) is 30.8. The topological polar surface area (TPSA) is 18.5 Å². The first-order chi connectivity index (χ1) is 8.70. The number of halogens is 1. The molecule has 0 bridgehead atoms. The fourth-order valence-corrected chi connectivity index (χ4v) is 3.21. The molecule has 1 aliphatic carbocycles. The molecule has 2 atom stereocenters. The van der Waals surface area contributed by atoms with Crippen molar-refractivity contribution < 1.29 is 9.47 Å². The van der Waals surface area contributed by atoms with Gasteiger partial charge in [-0.25, -0.2) is 0 Å². The van der Waals surface area contributed by atoms with E-state index in [9.17, 15) is 0 Å². The molecule has 18 heavy (non-hydrogen) atoms. The molecule has 1 aromatic rings. The second-order valence-electron chi connectivity index (χ2n) is 5.19. The SMILES string of the molecule is [CH2][C@H]1OC2(CCCCC2)O[C@@H]1c1ccccc1Cl. The monoisotopic (exact) mass is 265 g/mol. The van der Waals surface area contributed by atoms with Gasteiger partial charge < -0.3 is 9.47 Å². The van der Waals surface area contributed by atoms with Crippen molar-refractivity contribution in [2.75, 3.05) is 0 Å². The van der Waals surface area contributed by atoms with Crippen LogP contribution in [0.5, 0.6) is 0 Å². The van der Waals surface area contributed by atoms with Gasteiger partial charge in [-0.2, -0.15) is 0 Å². The summed E-state index contributed by atoms with van der Waals surface area (Å²) < 4.78 is 12.2. The van der Waals surface area contributed by atoms with Gasteiger partial charge in [0, 0.05) is 23.4 Å². The molecule has 2 nitrogen and oxygen atoms in total. The summed E-state index contributed by atoms with van der Waals surface area (Å²) in [7, 11) is 0. The zero-order chi connectivity index (χ0) is 12.6. The molecule has 1 spiro atoms. The van der Waals surface area contributed by atoms with E-state index in [-0.39, 0.29) is 12.2 Å². The third-order valence-electron chi connectivity index (χ3n) is 3.87. The first-order valence-corrected chi connectivity index (χ1v) is 7.01. The van der Waals surface area contributed by atoms with Crippen molar-refractivity contribution >= 4 is 11.6 Å². The van der Waals surface area contributed by atoms with Gasteiger partial charge in [0.2, 0.25) is 0 Å². The Labute approximate surface area is 113 Å². The van der Waals surface area contributed by atoms with Crippen molar-refractivity contribution in [1.82, 2.24) is 0 Å². The van der Waals surface area contributed by atoms with Gasteiger partial charge >= 0.3 is 0 Å². The Hall–Kier alpha value is -0.570. The van der Waals surface area contributed by atoms with Crippen molar-refractivity contribution in [3.05, 3.63) is 41.8 Å². The van der Waals surface area contributed by atoms with E-state index >= 15 is 0 Å². The predicted molar refractivity (Wildman–Crippen MR) is 71.3 cm³/mol. The maximum absolute atomic E-state index is 6.23. The average Bonchev–Trinajstić information content (AvgIpc) is 2.67. The van der Waals surface area contributed by atoms with Gasteiger partial charge in [-0.3, -0.25) is 0 Å². The van der Waals surface area contributed by atoms with Crippen molar-refractivity contribution in [3.63, 3.8) is 0 Å². The van der Waals surface area contributed by atoms with Crippen molar-refractivity contribution in [2.24, 2.45) is 0 Å². The molecule has 1 saturated carbocycles. The van der Waals surface area contributed by atoms with E-state index in [0.717, 1.165) is 23.4 Å². The van der Waals surface area contributed by atoms with E-state index in [1.165, 1.54) is 19.3 Å². The van der Waals surface area contributed by atoms with Gasteiger partial charge in [0.25, 0.3) is 0 Å². The Bertz CT molecular complexity index is 426. The first kappa shape index (κ1) is 12.5. The Balaban J connectivity index is 1.84. The fourth-order valence-electron chi connectivity index (χ4n) is 2.97. The third-order valence-corrected chi connectivity index (χ3v) is 4.22. The van der Waals surface area contributed by atoms with Crippen LogP contribution in [0, 0.1) is 6.92 Å². The van der Waals surface area contributed by atoms with Gasteiger partial charge in [0.05, 0.1) is 6.10 Å². The lowest BCUT2D eigenvalue weighted by Gasteiger charge is -2.31. The van der Waals surface area contributed by atoms with Crippen LogP contribution in [0.15, 0.2) is 24.3 Å². The molecular formula is C15H18ClO2. The number of hydrogen-bond acceptors (Lipinski definition) is 2. The van der Waals surface area contributed by atoms with E-state index in [1.54, 1.807) is 0 Å². The molecular weight excluding hydrogens is 248 g/mol. The maximum atomic E-state index is 6.23. The highest BCUT2D eigenvalue weighted by Crippen LogP contribution is 2.46.